The van der Waals surface area contributed by atoms with Gasteiger partial charge in [-0.15, -0.1) is 0 Å². The van der Waals surface area contributed by atoms with Crippen LogP contribution in [0.1, 0.15) is 30.1 Å². The minimum absolute atomic E-state index is 0.322. The van der Waals surface area contributed by atoms with Crippen LogP contribution < -0.4 is 9.47 Å². The normalized spacial score (nSPS) is 15.5. The Labute approximate surface area is 164 Å². The van der Waals surface area contributed by atoms with Gasteiger partial charge < -0.3 is 14.0 Å². The quantitative estimate of drug-likeness (QED) is 0.648. The van der Waals surface area contributed by atoms with E-state index < -0.39 is 0 Å². The number of nitrogens with zero attached hydrogens (tertiary/aromatic N) is 4. The first-order valence-electron chi connectivity index (χ1n) is 9.44. The van der Waals surface area contributed by atoms with Gasteiger partial charge in [0.25, 0.3) is 5.89 Å². The highest BCUT2D eigenvalue weighted by Gasteiger charge is 2.25. The summed E-state index contributed by atoms with van der Waals surface area (Å²) in [5, 5.41) is 4.21. The van der Waals surface area contributed by atoms with Crippen LogP contribution in [-0.4, -0.2) is 47.3 Å². The number of rotatable bonds is 6. The predicted molar refractivity (Wildman–Crippen MR) is 104 cm³/mol. The standard InChI is InChI=1S/C21H24N4O3/c1-26-18-5-3-4-17(19(18)27-2)14-25-12-8-15(9-13-25)20-23-21(28-24-20)16-6-10-22-11-7-16/h3-7,10-11,15H,8-9,12-14H2,1-2H3. The van der Waals surface area contributed by atoms with E-state index in [9.17, 15) is 0 Å². The maximum absolute atomic E-state index is 5.56. The first-order chi connectivity index (χ1) is 13.8. The van der Waals surface area contributed by atoms with Gasteiger partial charge in [-0.25, -0.2) is 0 Å². The van der Waals surface area contributed by atoms with Crippen molar-refractivity contribution < 1.29 is 14.0 Å². The Hall–Kier alpha value is -2.93. The fourth-order valence-corrected chi connectivity index (χ4v) is 3.68. The number of methoxy groups -OCH3 is 2. The molecule has 0 aliphatic carbocycles. The molecule has 1 aliphatic rings. The molecule has 2 aromatic heterocycles. The Morgan fingerprint density at radius 1 is 1.07 bits per heavy atom. The molecule has 28 heavy (non-hydrogen) atoms. The van der Waals surface area contributed by atoms with Crippen molar-refractivity contribution in [1.82, 2.24) is 20.0 Å². The zero-order valence-electron chi connectivity index (χ0n) is 16.2. The second-order valence-electron chi connectivity index (χ2n) is 6.90. The monoisotopic (exact) mass is 380 g/mol. The molecule has 0 bridgehead atoms. The van der Waals surface area contributed by atoms with E-state index in [1.807, 2.05) is 24.3 Å². The lowest BCUT2D eigenvalue weighted by atomic mass is 9.95. The van der Waals surface area contributed by atoms with Gasteiger partial charge in [0.2, 0.25) is 0 Å². The lowest BCUT2D eigenvalue weighted by molar-refractivity contribution is 0.197. The van der Waals surface area contributed by atoms with E-state index in [0.29, 0.717) is 11.8 Å². The number of likely N-dealkylation sites (tertiary alicyclic amines) is 1. The maximum Gasteiger partial charge on any atom is 0.258 e. The van der Waals surface area contributed by atoms with E-state index in [-0.39, 0.29) is 0 Å². The highest BCUT2D eigenvalue weighted by Crippen LogP contribution is 2.33. The van der Waals surface area contributed by atoms with Gasteiger partial charge in [-0.1, -0.05) is 17.3 Å². The number of para-hydroxylation sites is 1. The van der Waals surface area contributed by atoms with E-state index in [4.69, 9.17) is 14.0 Å². The molecule has 3 aromatic rings. The van der Waals surface area contributed by atoms with Crippen molar-refractivity contribution in [3.63, 3.8) is 0 Å². The van der Waals surface area contributed by atoms with Crippen molar-refractivity contribution in [1.29, 1.82) is 0 Å². The number of pyridine rings is 1. The molecule has 7 heteroatoms. The second kappa shape index (κ2) is 8.39. The molecule has 1 aromatic carbocycles. The fourth-order valence-electron chi connectivity index (χ4n) is 3.68. The van der Waals surface area contributed by atoms with Crippen molar-refractivity contribution in [3.05, 3.63) is 54.1 Å². The third kappa shape index (κ3) is 3.84. The van der Waals surface area contributed by atoms with Crippen LogP contribution in [0.25, 0.3) is 11.5 Å². The summed E-state index contributed by atoms with van der Waals surface area (Å²) in [6.07, 6.45) is 5.46. The molecule has 1 aliphatic heterocycles. The zero-order chi connectivity index (χ0) is 19.3. The molecule has 0 saturated carbocycles. The van der Waals surface area contributed by atoms with Crippen LogP contribution in [0.3, 0.4) is 0 Å². The number of hydrogen-bond acceptors (Lipinski definition) is 7. The molecular formula is C21H24N4O3. The predicted octanol–water partition coefficient (Wildman–Crippen LogP) is 3.53. The Morgan fingerprint density at radius 3 is 2.57 bits per heavy atom. The lowest BCUT2D eigenvalue weighted by Gasteiger charge is -2.31. The van der Waals surface area contributed by atoms with E-state index in [1.165, 1.54) is 0 Å². The van der Waals surface area contributed by atoms with Crippen LogP contribution in [0.5, 0.6) is 11.5 Å². The van der Waals surface area contributed by atoms with E-state index in [1.54, 1.807) is 26.6 Å². The molecule has 3 heterocycles. The van der Waals surface area contributed by atoms with E-state index in [0.717, 1.165) is 60.9 Å². The number of aromatic nitrogens is 3. The van der Waals surface area contributed by atoms with Crippen molar-refractivity contribution in [3.8, 4) is 23.0 Å². The molecule has 0 atom stereocenters. The minimum Gasteiger partial charge on any atom is -0.493 e. The van der Waals surface area contributed by atoms with Crippen molar-refractivity contribution in [2.75, 3.05) is 27.3 Å². The summed E-state index contributed by atoms with van der Waals surface area (Å²) < 4.78 is 16.4. The summed E-state index contributed by atoms with van der Waals surface area (Å²) in [7, 11) is 3.35. The van der Waals surface area contributed by atoms with Crippen molar-refractivity contribution >= 4 is 0 Å². The lowest BCUT2D eigenvalue weighted by Crippen LogP contribution is -2.32. The fraction of sp³-hybridized carbons (Fsp3) is 0.381. The topological polar surface area (TPSA) is 73.5 Å². The van der Waals surface area contributed by atoms with Gasteiger partial charge in [0.05, 0.1) is 14.2 Å². The van der Waals surface area contributed by atoms with Gasteiger partial charge in [0, 0.05) is 36.0 Å². The Balaban J connectivity index is 1.39. The largest absolute Gasteiger partial charge is 0.493 e. The molecule has 1 saturated heterocycles. The van der Waals surface area contributed by atoms with Crippen molar-refractivity contribution in [2.24, 2.45) is 0 Å². The first-order valence-corrected chi connectivity index (χ1v) is 9.44. The van der Waals surface area contributed by atoms with Crippen LogP contribution in [-0.2, 0) is 6.54 Å². The van der Waals surface area contributed by atoms with Gasteiger partial charge in [-0.2, -0.15) is 4.98 Å². The molecule has 4 rings (SSSR count). The molecule has 0 unspecified atom stereocenters. The molecule has 1 fully saturated rings. The summed E-state index contributed by atoms with van der Waals surface area (Å²) in [4.78, 5) is 11.1. The summed E-state index contributed by atoms with van der Waals surface area (Å²) in [5.74, 6) is 3.26. The number of ether oxygens (including phenoxy) is 2. The Kier molecular flexibility index (Phi) is 5.53. The van der Waals surface area contributed by atoms with E-state index >= 15 is 0 Å². The minimum atomic E-state index is 0.322. The Morgan fingerprint density at radius 2 is 1.86 bits per heavy atom. The van der Waals surface area contributed by atoms with Gasteiger partial charge in [-0.05, 0) is 44.1 Å². The molecule has 146 valence electrons. The van der Waals surface area contributed by atoms with Crippen molar-refractivity contribution in [2.45, 2.75) is 25.3 Å². The number of benzene rings is 1. The smallest absolute Gasteiger partial charge is 0.258 e. The third-order valence-corrected chi connectivity index (χ3v) is 5.20. The van der Waals surface area contributed by atoms with Crippen LogP contribution in [0, 0.1) is 0 Å². The summed E-state index contributed by atoms with van der Waals surface area (Å²) in [6, 6.07) is 9.77. The molecule has 0 N–H and O–H groups in total. The first kappa shape index (κ1) is 18.4. The highest BCUT2D eigenvalue weighted by molar-refractivity contribution is 5.51. The van der Waals surface area contributed by atoms with Crippen LogP contribution >= 0.6 is 0 Å². The van der Waals surface area contributed by atoms with Crippen LogP contribution in [0.2, 0.25) is 0 Å². The number of hydrogen-bond donors (Lipinski definition) is 0. The zero-order valence-corrected chi connectivity index (χ0v) is 16.2. The molecule has 0 amide bonds. The van der Waals surface area contributed by atoms with Crippen LogP contribution in [0.15, 0.2) is 47.2 Å². The van der Waals surface area contributed by atoms with Gasteiger partial charge in [0.15, 0.2) is 17.3 Å². The van der Waals surface area contributed by atoms with Gasteiger partial charge in [0.1, 0.15) is 0 Å². The van der Waals surface area contributed by atoms with Crippen LogP contribution in [0.4, 0.5) is 0 Å². The molecular weight excluding hydrogens is 356 g/mol. The molecule has 7 nitrogen and oxygen atoms in total. The number of piperidine rings is 1. The maximum atomic E-state index is 5.56. The molecule has 0 spiro atoms. The van der Waals surface area contributed by atoms with Gasteiger partial charge in [-0.3, -0.25) is 9.88 Å². The second-order valence-corrected chi connectivity index (χ2v) is 6.90. The van der Waals surface area contributed by atoms with Gasteiger partial charge >= 0.3 is 0 Å². The SMILES string of the molecule is COc1cccc(CN2CCC(c3noc(-c4ccncc4)n3)CC2)c1OC. The highest BCUT2D eigenvalue weighted by atomic mass is 16.5. The summed E-state index contributed by atoms with van der Waals surface area (Å²) >= 11 is 0. The average molecular weight is 380 g/mol. The van der Waals surface area contributed by atoms with E-state index in [2.05, 4.69) is 26.1 Å². The third-order valence-electron chi connectivity index (χ3n) is 5.20. The summed E-state index contributed by atoms with van der Waals surface area (Å²) in [5.41, 5.74) is 2.04. The molecule has 0 radical (unpaired) electrons. The Bertz CT molecular complexity index is 905. The summed E-state index contributed by atoms with van der Waals surface area (Å²) in [6.45, 7) is 2.79. The average Bonchev–Trinajstić information content (AvgIpc) is 3.25.